The highest BCUT2D eigenvalue weighted by Crippen LogP contribution is 2.48. The number of fused-ring (bicyclic) bond motifs is 1. The maximum Gasteiger partial charge on any atom is 0.257 e. The molecule has 0 saturated carbocycles. The fourth-order valence-corrected chi connectivity index (χ4v) is 4.11. The van der Waals surface area contributed by atoms with Gasteiger partial charge in [-0.15, -0.1) is 0 Å². The molecule has 2 atom stereocenters. The Labute approximate surface area is 185 Å². The van der Waals surface area contributed by atoms with Gasteiger partial charge in [-0.05, 0) is 48.4 Å². The summed E-state index contributed by atoms with van der Waals surface area (Å²) in [5.74, 6) is 0.676. The van der Waals surface area contributed by atoms with Crippen LogP contribution in [-0.2, 0) is 26.5 Å². The maximum absolute atomic E-state index is 12.7. The van der Waals surface area contributed by atoms with Gasteiger partial charge in [-0.2, -0.15) is 0 Å². The van der Waals surface area contributed by atoms with Crippen molar-refractivity contribution in [3.8, 4) is 5.75 Å². The van der Waals surface area contributed by atoms with Crippen molar-refractivity contribution < 1.29 is 28.9 Å². The highest BCUT2D eigenvalue weighted by molar-refractivity contribution is 6.01. The number of ether oxygens (including phenoxy) is 2. The van der Waals surface area contributed by atoms with Gasteiger partial charge in [-0.25, -0.2) is 0 Å². The minimum Gasteiger partial charge on any atom is -0.507 e. The molecule has 2 heterocycles. The molecule has 32 heavy (non-hydrogen) atoms. The van der Waals surface area contributed by atoms with Crippen LogP contribution in [0.25, 0.3) is 11.6 Å². The molecule has 2 unspecified atom stereocenters. The number of aliphatic hydroxyl groups is 1. The number of carbonyl (C=O) groups excluding carboxylic acids is 1. The Bertz CT molecular complexity index is 1170. The number of rotatable bonds is 6. The van der Waals surface area contributed by atoms with Crippen molar-refractivity contribution in [3.63, 3.8) is 0 Å². The number of allylic oxidation sites excluding steroid dienone is 1. The van der Waals surface area contributed by atoms with Crippen LogP contribution in [0.5, 0.6) is 5.75 Å². The first kappa shape index (κ1) is 21.8. The number of furan rings is 1. The second kappa shape index (κ2) is 8.63. The number of hydrogen-bond acceptors (Lipinski definition) is 6. The molecular formula is C25H25NO6. The Hall–Kier alpha value is -3.39. The van der Waals surface area contributed by atoms with E-state index < -0.39 is 17.6 Å². The second-order valence-corrected chi connectivity index (χ2v) is 7.69. The van der Waals surface area contributed by atoms with Gasteiger partial charge < -0.3 is 29.4 Å². The van der Waals surface area contributed by atoms with Gasteiger partial charge in [-0.3, -0.25) is 4.79 Å². The fraction of sp³-hybridized carbons (Fsp3) is 0.240. The second-order valence-electron chi connectivity index (χ2n) is 7.69. The van der Waals surface area contributed by atoms with Crippen LogP contribution in [0.2, 0.25) is 0 Å². The zero-order chi connectivity index (χ0) is 22.9. The van der Waals surface area contributed by atoms with Gasteiger partial charge in [0.15, 0.2) is 11.7 Å². The number of phenolic OH excluding ortho intramolecular Hbond substituents is 1. The van der Waals surface area contributed by atoms with E-state index in [0.29, 0.717) is 34.9 Å². The average Bonchev–Trinajstić information content (AvgIpc) is 3.25. The lowest BCUT2D eigenvalue weighted by Crippen LogP contribution is -2.52. The van der Waals surface area contributed by atoms with Crippen molar-refractivity contribution in [1.82, 2.24) is 0 Å². The molecule has 166 valence electrons. The summed E-state index contributed by atoms with van der Waals surface area (Å²) in [6, 6.07) is 15.7. The molecule has 0 bridgehead atoms. The van der Waals surface area contributed by atoms with E-state index in [2.05, 4.69) is 5.32 Å². The zero-order valence-electron chi connectivity index (χ0n) is 18.1. The van der Waals surface area contributed by atoms with Gasteiger partial charge in [0, 0.05) is 19.8 Å². The maximum atomic E-state index is 12.7. The van der Waals surface area contributed by atoms with Gasteiger partial charge in [0.25, 0.3) is 5.91 Å². The first-order valence-electron chi connectivity index (χ1n) is 10.1. The standard InChI is InChI=1S/C25H25NO6/c1-15(20-12-10-18(32-20)14-30-2)13-16-9-11-19-21(22(16)27)25(29,17-7-5-4-6-8-17)23(31-3)24(28)26-19/h4-13,23,27,29H,14H2,1-3H3,(H,26,28)/b15-13+. The molecule has 2 aromatic carbocycles. The molecule has 4 rings (SSSR count). The number of benzene rings is 2. The lowest BCUT2D eigenvalue weighted by Gasteiger charge is -2.40. The number of nitrogens with one attached hydrogen (secondary N) is 1. The van der Waals surface area contributed by atoms with Crippen LogP contribution >= 0.6 is 0 Å². The predicted octanol–water partition coefficient (Wildman–Crippen LogP) is 3.90. The molecule has 3 N–H and O–H groups in total. The van der Waals surface area contributed by atoms with Gasteiger partial charge in [0.1, 0.15) is 23.9 Å². The summed E-state index contributed by atoms with van der Waals surface area (Å²) >= 11 is 0. The van der Waals surface area contributed by atoms with Crippen LogP contribution in [0.3, 0.4) is 0 Å². The molecule has 3 aromatic rings. The lowest BCUT2D eigenvalue weighted by atomic mass is 9.76. The summed E-state index contributed by atoms with van der Waals surface area (Å²) in [6.07, 6.45) is 0.514. The molecule has 1 amide bonds. The van der Waals surface area contributed by atoms with Crippen molar-refractivity contribution in [2.45, 2.75) is 25.2 Å². The Morgan fingerprint density at radius 1 is 1.16 bits per heavy atom. The molecule has 1 aliphatic rings. The molecule has 0 spiro atoms. The summed E-state index contributed by atoms with van der Waals surface area (Å²) < 4.78 is 16.2. The minimum absolute atomic E-state index is 0.154. The van der Waals surface area contributed by atoms with E-state index in [4.69, 9.17) is 13.9 Å². The van der Waals surface area contributed by atoms with E-state index in [1.807, 2.05) is 25.1 Å². The molecule has 0 aliphatic carbocycles. The highest BCUT2D eigenvalue weighted by atomic mass is 16.5. The smallest absolute Gasteiger partial charge is 0.257 e. The third-order valence-corrected chi connectivity index (χ3v) is 5.62. The highest BCUT2D eigenvalue weighted by Gasteiger charge is 2.51. The van der Waals surface area contributed by atoms with E-state index in [1.165, 1.54) is 7.11 Å². The number of phenols is 1. The largest absolute Gasteiger partial charge is 0.507 e. The van der Waals surface area contributed by atoms with Crippen molar-refractivity contribution in [2.75, 3.05) is 19.5 Å². The molecule has 0 fully saturated rings. The van der Waals surface area contributed by atoms with E-state index in [1.54, 1.807) is 49.6 Å². The first-order chi connectivity index (χ1) is 15.4. The summed E-state index contributed by atoms with van der Waals surface area (Å²) in [4.78, 5) is 12.7. The van der Waals surface area contributed by atoms with Crippen LogP contribution in [0.1, 0.15) is 35.1 Å². The van der Waals surface area contributed by atoms with Gasteiger partial charge in [0.05, 0.1) is 11.3 Å². The van der Waals surface area contributed by atoms with Crippen LogP contribution in [-0.4, -0.2) is 36.4 Å². The summed E-state index contributed by atoms with van der Waals surface area (Å²) in [5.41, 5.74) is 0.288. The van der Waals surface area contributed by atoms with Crippen LogP contribution in [0.4, 0.5) is 5.69 Å². The van der Waals surface area contributed by atoms with Gasteiger partial charge in [0.2, 0.25) is 0 Å². The number of hydrogen-bond donors (Lipinski definition) is 3. The Morgan fingerprint density at radius 3 is 2.59 bits per heavy atom. The molecule has 7 heteroatoms. The summed E-state index contributed by atoms with van der Waals surface area (Å²) in [6.45, 7) is 2.22. The Morgan fingerprint density at radius 2 is 1.91 bits per heavy atom. The van der Waals surface area contributed by atoms with Crippen molar-refractivity contribution in [2.24, 2.45) is 0 Å². The number of aromatic hydroxyl groups is 1. The number of methoxy groups -OCH3 is 2. The minimum atomic E-state index is -1.88. The first-order valence-corrected chi connectivity index (χ1v) is 10.1. The van der Waals surface area contributed by atoms with Gasteiger partial charge in [-0.1, -0.05) is 30.3 Å². The number of anilines is 1. The normalized spacial score (nSPS) is 20.7. The van der Waals surface area contributed by atoms with Gasteiger partial charge >= 0.3 is 0 Å². The topological polar surface area (TPSA) is 101 Å². The lowest BCUT2D eigenvalue weighted by molar-refractivity contribution is -0.142. The van der Waals surface area contributed by atoms with E-state index in [0.717, 1.165) is 5.57 Å². The number of carbonyl (C=O) groups is 1. The SMILES string of the molecule is COCc1ccc(/C(C)=C/c2ccc3c(c2O)C(O)(c2ccccc2)C(OC)C(=O)N3)o1. The van der Waals surface area contributed by atoms with E-state index in [-0.39, 0.29) is 11.3 Å². The zero-order valence-corrected chi connectivity index (χ0v) is 18.1. The van der Waals surface area contributed by atoms with E-state index >= 15 is 0 Å². The van der Waals surface area contributed by atoms with Crippen LogP contribution in [0, 0.1) is 0 Å². The van der Waals surface area contributed by atoms with E-state index in [9.17, 15) is 15.0 Å². The molecule has 0 saturated heterocycles. The molecular weight excluding hydrogens is 410 g/mol. The predicted molar refractivity (Wildman–Crippen MR) is 120 cm³/mol. The monoisotopic (exact) mass is 435 g/mol. The summed E-state index contributed by atoms with van der Waals surface area (Å²) in [5, 5.41) is 25.8. The third kappa shape index (κ3) is 3.60. The Balaban J connectivity index is 1.85. The Kier molecular flexibility index (Phi) is 5.88. The molecule has 7 nitrogen and oxygen atoms in total. The third-order valence-electron chi connectivity index (χ3n) is 5.62. The van der Waals surface area contributed by atoms with Crippen molar-refractivity contribution in [3.05, 3.63) is 82.8 Å². The van der Waals surface area contributed by atoms with Crippen LogP contribution < -0.4 is 5.32 Å². The quantitative estimate of drug-likeness (QED) is 0.543. The summed E-state index contributed by atoms with van der Waals surface area (Å²) in [7, 11) is 2.94. The molecule has 1 aliphatic heterocycles. The van der Waals surface area contributed by atoms with Crippen molar-refractivity contribution in [1.29, 1.82) is 0 Å². The average molecular weight is 435 g/mol. The fourth-order valence-electron chi connectivity index (χ4n) is 4.11. The number of amides is 1. The molecule has 0 radical (unpaired) electrons. The molecule has 1 aromatic heterocycles. The van der Waals surface area contributed by atoms with Crippen LogP contribution in [0.15, 0.2) is 59.0 Å². The van der Waals surface area contributed by atoms with Crippen molar-refractivity contribution >= 4 is 23.2 Å².